The minimum absolute atomic E-state index is 0.272. The Balaban J connectivity index is 2.15. The third-order valence-corrected chi connectivity index (χ3v) is 5.86. The standard InChI is InChI=1S/C16H23IO/c1-3-12-7-5-8-13(10-12)16(18)14-9-4-6-11(2)15(14)17/h4,6,9,12-13,16,18H,3,5,7-8,10H2,1-2H3. The highest BCUT2D eigenvalue weighted by atomic mass is 127. The second-order valence-corrected chi connectivity index (χ2v) is 6.70. The molecule has 1 N–H and O–H groups in total. The first-order valence-corrected chi connectivity index (χ1v) is 8.14. The summed E-state index contributed by atoms with van der Waals surface area (Å²) in [6, 6.07) is 6.28. The Morgan fingerprint density at radius 1 is 1.39 bits per heavy atom. The molecule has 2 heteroatoms. The van der Waals surface area contributed by atoms with E-state index in [-0.39, 0.29) is 6.10 Å². The maximum absolute atomic E-state index is 10.7. The summed E-state index contributed by atoms with van der Waals surface area (Å²) in [6.45, 7) is 4.39. The predicted octanol–water partition coefficient (Wildman–Crippen LogP) is 4.85. The van der Waals surface area contributed by atoms with Gasteiger partial charge in [-0.25, -0.2) is 0 Å². The van der Waals surface area contributed by atoms with Crippen LogP contribution in [-0.2, 0) is 0 Å². The topological polar surface area (TPSA) is 20.2 Å². The van der Waals surface area contributed by atoms with Gasteiger partial charge in [-0.3, -0.25) is 0 Å². The molecule has 1 aliphatic carbocycles. The average Bonchev–Trinajstić information content (AvgIpc) is 2.41. The summed E-state index contributed by atoms with van der Waals surface area (Å²) in [4.78, 5) is 0. The Kier molecular flexibility index (Phi) is 5.07. The first kappa shape index (κ1) is 14.3. The third kappa shape index (κ3) is 3.08. The lowest BCUT2D eigenvalue weighted by Gasteiger charge is -2.32. The van der Waals surface area contributed by atoms with Crippen molar-refractivity contribution in [3.05, 3.63) is 32.9 Å². The van der Waals surface area contributed by atoms with Crippen molar-refractivity contribution in [2.45, 2.75) is 52.1 Å². The molecule has 0 spiro atoms. The SMILES string of the molecule is CCC1CCCC(C(O)c2cccc(C)c2I)C1. The molecule has 100 valence electrons. The lowest BCUT2D eigenvalue weighted by molar-refractivity contribution is 0.0671. The second kappa shape index (κ2) is 6.38. The van der Waals surface area contributed by atoms with Crippen LogP contribution in [0.2, 0.25) is 0 Å². The number of benzene rings is 1. The molecule has 1 aromatic rings. The molecule has 0 heterocycles. The first-order valence-electron chi connectivity index (χ1n) is 7.06. The molecular formula is C16H23IO. The maximum atomic E-state index is 10.7. The average molecular weight is 358 g/mol. The highest BCUT2D eigenvalue weighted by molar-refractivity contribution is 14.1. The van der Waals surface area contributed by atoms with Crippen molar-refractivity contribution < 1.29 is 5.11 Å². The molecular weight excluding hydrogens is 335 g/mol. The number of aliphatic hydroxyl groups excluding tert-OH is 1. The number of hydrogen-bond acceptors (Lipinski definition) is 1. The number of hydrogen-bond donors (Lipinski definition) is 1. The van der Waals surface area contributed by atoms with Crippen molar-refractivity contribution in [2.24, 2.45) is 11.8 Å². The van der Waals surface area contributed by atoms with E-state index in [4.69, 9.17) is 0 Å². The van der Waals surface area contributed by atoms with E-state index in [1.54, 1.807) is 0 Å². The van der Waals surface area contributed by atoms with Gasteiger partial charge in [0, 0.05) is 3.57 Å². The number of halogens is 1. The Hall–Kier alpha value is -0.0900. The number of rotatable bonds is 3. The Morgan fingerprint density at radius 2 is 2.17 bits per heavy atom. The van der Waals surface area contributed by atoms with E-state index in [2.05, 4.69) is 54.6 Å². The molecule has 0 amide bonds. The van der Waals surface area contributed by atoms with Gasteiger partial charge >= 0.3 is 0 Å². The van der Waals surface area contributed by atoms with Crippen molar-refractivity contribution in [1.29, 1.82) is 0 Å². The van der Waals surface area contributed by atoms with Crippen LogP contribution in [0.25, 0.3) is 0 Å². The van der Waals surface area contributed by atoms with E-state index >= 15 is 0 Å². The maximum Gasteiger partial charge on any atom is 0.0828 e. The zero-order chi connectivity index (χ0) is 13.1. The van der Waals surface area contributed by atoms with Crippen LogP contribution in [0.4, 0.5) is 0 Å². The normalized spacial score (nSPS) is 26.0. The summed E-state index contributed by atoms with van der Waals surface area (Å²) in [5, 5.41) is 10.7. The van der Waals surface area contributed by atoms with Crippen LogP contribution in [-0.4, -0.2) is 5.11 Å². The number of aliphatic hydroxyl groups is 1. The van der Waals surface area contributed by atoms with Gasteiger partial charge in [-0.05, 0) is 65.3 Å². The monoisotopic (exact) mass is 358 g/mol. The molecule has 1 aliphatic rings. The summed E-state index contributed by atoms with van der Waals surface area (Å²) in [7, 11) is 0. The van der Waals surface area contributed by atoms with E-state index < -0.39 is 0 Å². The van der Waals surface area contributed by atoms with E-state index in [0.29, 0.717) is 5.92 Å². The van der Waals surface area contributed by atoms with Gasteiger partial charge in [-0.1, -0.05) is 44.4 Å². The Morgan fingerprint density at radius 3 is 2.89 bits per heavy atom. The van der Waals surface area contributed by atoms with Crippen molar-refractivity contribution in [2.75, 3.05) is 0 Å². The molecule has 0 aliphatic heterocycles. The molecule has 0 saturated heterocycles. The number of aryl methyl sites for hydroxylation is 1. The molecule has 18 heavy (non-hydrogen) atoms. The minimum Gasteiger partial charge on any atom is -0.388 e. The highest BCUT2D eigenvalue weighted by Crippen LogP contribution is 2.39. The quantitative estimate of drug-likeness (QED) is 0.766. The molecule has 2 rings (SSSR count). The zero-order valence-corrected chi connectivity index (χ0v) is 13.5. The van der Waals surface area contributed by atoms with Crippen LogP contribution in [0.5, 0.6) is 0 Å². The Labute approximate surface area is 124 Å². The lowest BCUT2D eigenvalue weighted by atomic mass is 9.76. The summed E-state index contributed by atoms with van der Waals surface area (Å²) in [5.74, 6) is 1.28. The summed E-state index contributed by atoms with van der Waals surface area (Å²) < 4.78 is 1.24. The summed E-state index contributed by atoms with van der Waals surface area (Å²) in [6.07, 6.45) is 6.00. The van der Waals surface area contributed by atoms with Crippen LogP contribution >= 0.6 is 22.6 Å². The smallest absolute Gasteiger partial charge is 0.0828 e. The van der Waals surface area contributed by atoms with Crippen LogP contribution in [0.3, 0.4) is 0 Å². The van der Waals surface area contributed by atoms with E-state index in [0.717, 1.165) is 11.5 Å². The van der Waals surface area contributed by atoms with Gasteiger partial charge in [0.25, 0.3) is 0 Å². The van der Waals surface area contributed by atoms with Crippen molar-refractivity contribution >= 4 is 22.6 Å². The van der Waals surface area contributed by atoms with Gasteiger partial charge in [0.15, 0.2) is 0 Å². The van der Waals surface area contributed by atoms with E-state index in [1.807, 2.05) is 0 Å². The van der Waals surface area contributed by atoms with Crippen molar-refractivity contribution in [3.63, 3.8) is 0 Å². The molecule has 1 nitrogen and oxygen atoms in total. The van der Waals surface area contributed by atoms with Crippen LogP contribution in [0, 0.1) is 22.3 Å². The van der Waals surface area contributed by atoms with Gasteiger partial charge in [0.05, 0.1) is 6.10 Å². The highest BCUT2D eigenvalue weighted by Gasteiger charge is 2.28. The molecule has 3 unspecified atom stereocenters. The summed E-state index contributed by atoms with van der Waals surface area (Å²) in [5.41, 5.74) is 2.41. The van der Waals surface area contributed by atoms with Gasteiger partial charge in [0.2, 0.25) is 0 Å². The molecule has 1 fully saturated rings. The molecule has 1 saturated carbocycles. The minimum atomic E-state index is -0.272. The molecule has 1 aromatic carbocycles. The molecule has 3 atom stereocenters. The second-order valence-electron chi connectivity index (χ2n) is 5.62. The van der Waals surface area contributed by atoms with Crippen LogP contribution in [0.15, 0.2) is 18.2 Å². The fourth-order valence-corrected chi connectivity index (χ4v) is 3.82. The van der Waals surface area contributed by atoms with Gasteiger partial charge in [0.1, 0.15) is 0 Å². The molecule has 0 aromatic heterocycles. The van der Waals surface area contributed by atoms with Gasteiger partial charge < -0.3 is 5.11 Å². The third-order valence-electron chi connectivity index (χ3n) is 4.39. The van der Waals surface area contributed by atoms with Gasteiger partial charge in [-0.2, -0.15) is 0 Å². The fraction of sp³-hybridized carbons (Fsp3) is 0.625. The first-order chi connectivity index (χ1) is 8.63. The summed E-state index contributed by atoms with van der Waals surface area (Å²) >= 11 is 2.37. The lowest BCUT2D eigenvalue weighted by Crippen LogP contribution is -2.22. The van der Waals surface area contributed by atoms with Gasteiger partial charge in [-0.15, -0.1) is 0 Å². The Bertz CT molecular complexity index is 402. The van der Waals surface area contributed by atoms with E-state index in [1.165, 1.54) is 41.2 Å². The largest absolute Gasteiger partial charge is 0.388 e. The molecule has 0 bridgehead atoms. The predicted molar refractivity (Wildman–Crippen MR) is 84.6 cm³/mol. The van der Waals surface area contributed by atoms with E-state index in [9.17, 15) is 5.11 Å². The van der Waals surface area contributed by atoms with Crippen LogP contribution in [0.1, 0.15) is 56.3 Å². The van der Waals surface area contributed by atoms with Crippen LogP contribution < -0.4 is 0 Å². The fourth-order valence-electron chi connectivity index (χ4n) is 3.14. The zero-order valence-electron chi connectivity index (χ0n) is 11.3. The van der Waals surface area contributed by atoms with Crippen molar-refractivity contribution in [3.8, 4) is 0 Å². The molecule has 0 radical (unpaired) electrons. The van der Waals surface area contributed by atoms with Crippen molar-refractivity contribution in [1.82, 2.24) is 0 Å².